The highest BCUT2D eigenvalue weighted by molar-refractivity contribution is 6.32. The summed E-state index contributed by atoms with van der Waals surface area (Å²) < 4.78 is 9.51. The minimum atomic E-state index is -0.720. The van der Waals surface area contributed by atoms with Crippen LogP contribution in [0.15, 0.2) is 59.7 Å². The number of nitrogens with zero attached hydrogens (tertiary/aromatic N) is 4. The molecule has 0 spiro atoms. The molecular weight excluding hydrogens is 722 g/mol. The highest BCUT2D eigenvalue weighted by Crippen LogP contribution is 2.37. The number of aromatic nitrogens is 2. The van der Waals surface area contributed by atoms with Crippen molar-refractivity contribution in [3.63, 3.8) is 0 Å². The number of likely N-dealkylation sites (tertiary alicyclic amines) is 2. The third kappa shape index (κ3) is 8.56. The second-order valence-electron chi connectivity index (χ2n) is 15.0. The Bertz CT molecular complexity index is 1960. The van der Waals surface area contributed by atoms with Crippen molar-refractivity contribution in [1.82, 2.24) is 30.4 Å². The number of benzene rings is 2. The monoisotopic (exact) mass is 771 g/mol. The Morgan fingerprint density at radius 2 is 1.22 bits per heavy atom. The van der Waals surface area contributed by atoms with Gasteiger partial charge in [0.2, 0.25) is 11.8 Å². The maximum absolute atomic E-state index is 13.6. The fraction of sp³-hybridized carbons (Fsp3) is 0.463. The van der Waals surface area contributed by atoms with Gasteiger partial charge in [0, 0.05) is 37.0 Å². The number of rotatable bonds is 11. The average Bonchev–Trinajstić information content (AvgIpc) is 4.02. The summed E-state index contributed by atoms with van der Waals surface area (Å²) in [5.74, 6) is 0.106. The standard InChI is InChI=1S/C41H50ClN7O6/c1-23(2)33(45-40(52)54-5)38(50)48-19-7-9-31(48)30-21-29(22-43-30)27-13-11-25(12-14-27)26-15-17-28(18-16-26)35-36(42)47-37(44-35)32-10-8-20-49(32)39(51)34(24(3)4)46-41(53)55-6/h11-18,22-24,31-34H,7-10,19-21H2,1-6H3,(H,44,47)(H,45,52)(H,46,53)/t31-,32-,33-,34-/m0/s1. The number of allylic oxidation sites excluding steroid dienone is 1. The van der Waals surface area contributed by atoms with E-state index in [-0.39, 0.29) is 35.7 Å². The first-order valence-corrected chi connectivity index (χ1v) is 19.3. The zero-order chi connectivity index (χ0) is 39.4. The lowest BCUT2D eigenvalue weighted by Crippen LogP contribution is -2.53. The van der Waals surface area contributed by atoms with Crippen molar-refractivity contribution in [1.29, 1.82) is 0 Å². The maximum atomic E-state index is 13.6. The first kappa shape index (κ1) is 39.5. The molecule has 14 heteroatoms. The summed E-state index contributed by atoms with van der Waals surface area (Å²) in [5.41, 5.74) is 6.66. The lowest BCUT2D eigenvalue weighted by atomic mass is 9.95. The average molecular weight is 772 g/mol. The van der Waals surface area contributed by atoms with Crippen molar-refractivity contribution in [3.8, 4) is 22.4 Å². The van der Waals surface area contributed by atoms with Gasteiger partial charge in [-0.05, 0) is 59.8 Å². The molecule has 292 valence electrons. The zero-order valence-electron chi connectivity index (χ0n) is 32.2. The van der Waals surface area contributed by atoms with Crippen molar-refractivity contribution in [2.75, 3.05) is 27.3 Å². The van der Waals surface area contributed by atoms with Crippen LogP contribution in [0.2, 0.25) is 5.15 Å². The van der Waals surface area contributed by atoms with Gasteiger partial charge in [0.05, 0.1) is 26.3 Å². The van der Waals surface area contributed by atoms with E-state index in [1.165, 1.54) is 14.2 Å². The van der Waals surface area contributed by atoms with Gasteiger partial charge in [-0.25, -0.2) is 14.6 Å². The fourth-order valence-corrected chi connectivity index (χ4v) is 7.94. The molecule has 6 rings (SSSR count). The van der Waals surface area contributed by atoms with Crippen LogP contribution in [0.1, 0.15) is 77.2 Å². The molecule has 4 atom stereocenters. The van der Waals surface area contributed by atoms with E-state index in [1.54, 1.807) is 4.90 Å². The molecular formula is C41H50ClN7O6. The molecule has 13 nitrogen and oxygen atoms in total. The lowest BCUT2D eigenvalue weighted by Gasteiger charge is -2.31. The van der Waals surface area contributed by atoms with Gasteiger partial charge in [0.25, 0.3) is 0 Å². The molecule has 0 saturated carbocycles. The van der Waals surface area contributed by atoms with Gasteiger partial charge >= 0.3 is 12.2 Å². The van der Waals surface area contributed by atoms with Crippen molar-refractivity contribution in [2.45, 2.75) is 84.0 Å². The van der Waals surface area contributed by atoms with Gasteiger partial charge in [0.1, 0.15) is 28.8 Å². The normalized spacial score (nSPS) is 19.3. The van der Waals surface area contributed by atoms with E-state index in [2.05, 4.69) is 39.9 Å². The number of methoxy groups -OCH3 is 2. The molecule has 55 heavy (non-hydrogen) atoms. The molecule has 3 aromatic rings. The predicted molar refractivity (Wildman–Crippen MR) is 211 cm³/mol. The second-order valence-corrected chi connectivity index (χ2v) is 15.4. The van der Waals surface area contributed by atoms with Crippen LogP contribution in [-0.4, -0.2) is 94.9 Å². The van der Waals surface area contributed by atoms with Gasteiger partial charge in [-0.1, -0.05) is 87.8 Å². The molecule has 2 fully saturated rings. The fourth-order valence-electron chi connectivity index (χ4n) is 7.69. The van der Waals surface area contributed by atoms with Crippen molar-refractivity contribution >= 4 is 46.9 Å². The molecule has 2 saturated heterocycles. The summed E-state index contributed by atoms with van der Waals surface area (Å²) in [5, 5.41) is 5.79. The predicted octanol–water partition coefficient (Wildman–Crippen LogP) is 7.00. The molecule has 4 amide bonds. The first-order valence-electron chi connectivity index (χ1n) is 18.9. The van der Waals surface area contributed by atoms with Crippen LogP contribution in [0.4, 0.5) is 9.59 Å². The third-order valence-corrected chi connectivity index (χ3v) is 11.0. The van der Waals surface area contributed by atoms with Crippen LogP contribution in [0.3, 0.4) is 0 Å². The maximum Gasteiger partial charge on any atom is 0.407 e. The molecule has 3 aliphatic heterocycles. The number of ether oxygens (including phenoxy) is 2. The van der Waals surface area contributed by atoms with Gasteiger partial charge in [0.15, 0.2) is 0 Å². The minimum absolute atomic E-state index is 0.0905. The molecule has 1 aromatic heterocycles. The molecule has 0 unspecified atom stereocenters. The van der Waals surface area contributed by atoms with Crippen molar-refractivity contribution in [3.05, 3.63) is 71.3 Å². The van der Waals surface area contributed by atoms with E-state index in [1.807, 2.05) is 63.1 Å². The number of hydrogen-bond donors (Lipinski definition) is 3. The topological polar surface area (TPSA) is 158 Å². The summed E-state index contributed by atoms with van der Waals surface area (Å²) >= 11 is 6.70. The quantitative estimate of drug-likeness (QED) is 0.189. The number of halogens is 1. The SMILES string of the molecule is COC(=O)N[C@H](C(=O)N1CCC[C@H]1C1=NC=C(c2ccc(-c3ccc(-c4nc([C@@H]5CCCN5C(=O)[C@@H](NC(=O)OC)C(C)C)[nH]c4Cl)cc3)cc2)C1)C(C)C. The van der Waals surface area contributed by atoms with E-state index in [9.17, 15) is 19.2 Å². The van der Waals surface area contributed by atoms with Crippen LogP contribution in [0, 0.1) is 11.8 Å². The Hall–Kier alpha value is -5.17. The number of H-pyrrole nitrogens is 1. The first-order chi connectivity index (χ1) is 26.4. The molecule has 0 radical (unpaired) electrons. The number of aliphatic imine (C=N–C) groups is 1. The smallest absolute Gasteiger partial charge is 0.407 e. The largest absolute Gasteiger partial charge is 0.453 e. The number of aromatic amines is 1. The Balaban J connectivity index is 1.09. The van der Waals surface area contributed by atoms with E-state index in [0.29, 0.717) is 36.2 Å². The van der Waals surface area contributed by atoms with Gasteiger partial charge in [-0.15, -0.1) is 0 Å². The summed E-state index contributed by atoms with van der Waals surface area (Å²) in [6.45, 7) is 8.77. The Labute approximate surface area is 326 Å². The molecule has 4 heterocycles. The molecule has 3 aliphatic rings. The summed E-state index contributed by atoms with van der Waals surface area (Å²) in [4.78, 5) is 67.5. The van der Waals surface area contributed by atoms with Gasteiger partial charge < -0.3 is 34.9 Å². The highest BCUT2D eigenvalue weighted by Gasteiger charge is 2.39. The van der Waals surface area contributed by atoms with Crippen LogP contribution in [0.25, 0.3) is 28.0 Å². The summed E-state index contributed by atoms with van der Waals surface area (Å²) in [7, 11) is 2.57. The van der Waals surface area contributed by atoms with E-state index in [0.717, 1.165) is 59.2 Å². The van der Waals surface area contributed by atoms with E-state index < -0.39 is 24.3 Å². The number of hydrogen-bond acceptors (Lipinski definition) is 8. The van der Waals surface area contributed by atoms with Crippen LogP contribution in [-0.2, 0) is 19.1 Å². The Morgan fingerprint density at radius 3 is 1.73 bits per heavy atom. The van der Waals surface area contributed by atoms with Crippen molar-refractivity contribution < 1.29 is 28.7 Å². The zero-order valence-corrected chi connectivity index (χ0v) is 33.0. The summed E-state index contributed by atoms with van der Waals surface area (Å²) in [6, 6.07) is 14.6. The number of imidazole rings is 1. The Kier molecular flexibility index (Phi) is 12.3. The second kappa shape index (κ2) is 17.1. The number of alkyl carbamates (subject to hydrolysis) is 2. The number of amides is 4. The lowest BCUT2D eigenvalue weighted by molar-refractivity contribution is -0.135. The van der Waals surface area contributed by atoms with E-state index in [4.69, 9.17) is 31.1 Å². The number of nitrogens with one attached hydrogen (secondary N) is 3. The van der Waals surface area contributed by atoms with Crippen LogP contribution >= 0.6 is 11.6 Å². The highest BCUT2D eigenvalue weighted by atomic mass is 35.5. The molecule has 3 N–H and O–H groups in total. The summed E-state index contributed by atoms with van der Waals surface area (Å²) in [6.07, 6.45) is 4.55. The Morgan fingerprint density at radius 1 is 0.745 bits per heavy atom. The third-order valence-electron chi connectivity index (χ3n) is 10.7. The van der Waals surface area contributed by atoms with Crippen molar-refractivity contribution in [2.24, 2.45) is 16.8 Å². The minimum Gasteiger partial charge on any atom is -0.453 e. The van der Waals surface area contributed by atoms with Gasteiger partial charge in [-0.3, -0.25) is 14.6 Å². The van der Waals surface area contributed by atoms with Crippen LogP contribution < -0.4 is 10.6 Å². The van der Waals surface area contributed by atoms with Gasteiger partial charge in [-0.2, -0.15) is 0 Å². The van der Waals surface area contributed by atoms with Crippen LogP contribution in [0.5, 0.6) is 0 Å². The molecule has 0 bridgehead atoms. The van der Waals surface area contributed by atoms with E-state index >= 15 is 0 Å². The number of carbonyl (C=O) groups excluding carboxylic acids is 4. The number of carbonyl (C=O) groups is 4. The molecule has 2 aromatic carbocycles. The molecule has 0 aliphatic carbocycles.